The maximum absolute atomic E-state index is 11.6. The third-order valence-corrected chi connectivity index (χ3v) is 4.53. The lowest BCUT2D eigenvalue weighted by atomic mass is 9.91. The first-order valence-corrected chi connectivity index (χ1v) is 6.48. The molecule has 2 fully saturated rings. The topological polar surface area (TPSA) is 20.3 Å². The van der Waals surface area contributed by atoms with Crippen molar-refractivity contribution >= 4 is 5.78 Å². The Hall–Kier alpha value is -1.15. The van der Waals surface area contributed by atoms with Crippen LogP contribution in [0.15, 0.2) is 30.3 Å². The van der Waals surface area contributed by atoms with Crippen LogP contribution in [0.25, 0.3) is 0 Å². The van der Waals surface area contributed by atoms with Gasteiger partial charge in [0.15, 0.2) is 0 Å². The van der Waals surface area contributed by atoms with Crippen molar-refractivity contribution < 1.29 is 4.79 Å². The van der Waals surface area contributed by atoms with E-state index >= 15 is 0 Å². The standard InChI is InChI=1S/C15H19NO/c1-12(17)15-7-8-16(11-14(15)9-15)10-13-5-3-2-4-6-13/h2-6,14H,7-11H2,1H3/t14-,15-/m0/s1. The molecule has 3 rings (SSSR count). The number of hydrogen-bond acceptors (Lipinski definition) is 2. The van der Waals surface area contributed by atoms with Gasteiger partial charge in [0, 0.05) is 18.5 Å². The number of nitrogens with zero attached hydrogens (tertiary/aromatic N) is 1. The Balaban J connectivity index is 1.61. The fourth-order valence-electron chi connectivity index (χ4n) is 3.28. The summed E-state index contributed by atoms with van der Waals surface area (Å²) in [6.07, 6.45) is 2.20. The number of fused-ring (bicyclic) bond motifs is 1. The van der Waals surface area contributed by atoms with Crippen molar-refractivity contribution in [2.45, 2.75) is 26.3 Å². The number of rotatable bonds is 3. The van der Waals surface area contributed by atoms with Gasteiger partial charge in [-0.1, -0.05) is 30.3 Å². The van der Waals surface area contributed by atoms with Crippen LogP contribution in [-0.4, -0.2) is 23.8 Å². The summed E-state index contributed by atoms with van der Waals surface area (Å²) in [4.78, 5) is 14.1. The molecule has 0 aromatic heterocycles. The Bertz CT molecular complexity index is 428. The van der Waals surface area contributed by atoms with Crippen molar-refractivity contribution in [2.24, 2.45) is 11.3 Å². The third kappa shape index (κ3) is 1.91. The number of hydrogen-bond donors (Lipinski definition) is 0. The molecule has 1 saturated heterocycles. The van der Waals surface area contributed by atoms with Crippen LogP contribution in [0.2, 0.25) is 0 Å². The molecule has 0 radical (unpaired) electrons. The fourth-order valence-corrected chi connectivity index (χ4v) is 3.28. The largest absolute Gasteiger partial charge is 0.299 e. The summed E-state index contributed by atoms with van der Waals surface area (Å²) in [5, 5.41) is 0. The predicted molar refractivity (Wildman–Crippen MR) is 67.6 cm³/mol. The second kappa shape index (κ2) is 3.95. The first kappa shape index (κ1) is 11.0. The van der Waals surface area contributed by atoms with Gasteiger partial charge >= 0.3 is 0 Å². The average molecular weight is 229 g/mol. The number of ketones is 1. The van der Waals surface area contributed by atoms with E-state index in [0.717, 1.165) is 32.5 Å². The Morgan fingerprint density at radius 2 is 2.18 bits per heavy atom. The predicted octanol–water partition coefficient (Wildman–Crippen LogP) is 2.49. The van der Waals surface area contributed by atoms with E-state index in [-0.39, 0.29) is 5.41 Å². The molecular weight excluding hydrogens is 210 g/mol. The molecule has 1 saturated carbocycles. The Morgan fingerprint density at radius 3 is 2.82 bits per heavy atom. The van der Waals surface area contributed by atoms with Gasteiger partial charge in [-0.15, -0.1) is 0 Å². The van der Waals surface area contributed by atoms with Gasteiger partial charge in [0.25, 0.3) is 0 Å². The monoisotopic (exact) mass is 229 g/mol. The molecule has 1 aromatic carbocycles. The minimum Gasteiger partial charge on any atom is -0.299 e. The van der Waals surface area contributed by atoms with Crippen molar-refractivity contribution in [3.63, 3.8) is 0 Å². The molecule has 2 aliphatic rings. The van der Waals surface area contributed by atoms with E-state index in [1.165, 1.54) is 5.56 Å². The molecule has 1 heterocycles. The van der Waals surface area contributed by atoms with Crippen LogP contribution in [0.1, 0.15) is 25.3 Å². The van der Waals surface area contributed by atoms with E-state index < -0.39 is 0 Å². The molecule has 17 heavy (non-hydrogen) atoms. The van der Waals surface area contributed by atoms with Crippen LogP contribution in [0.4, 0.5) is 0 Å². The molecule has 1 aromatic rings. The average Bonchev–Trinajstić information content (AvgIpc) is 3.05. The highest BCUT2D eigenvalue weighted by molar-refractivity contribution is 5.86. The summed E-state index contributed by atoms with van der Waals surface area (Å²) in [5.41, 5.74) is 1.47. The number of benzene rings is 1. The first-order valence-electron chi connectivity index (χ1n) is 6.48. The number of likely N-dealkylation sites (tertiary alicyclic amines) is 1. The molecule has 1 aliphatic carbocycles. The number of carbonyl (C=O) groups is 1. The van der Waals surface area contributed by atoms with E-state index in [2.05, 4.69) is 35.2 Å². The summed E-state index contributed by atoms with van der Waals surface area (Å²) in [6, 6.07) is 10.6. The molecule has 2 heteroatoms. The van der Waals surface area contributed by atoms with Crippen LogP contribution in [0.3, 0.4) is 0 Å². The molecule has 0 bridgehead atoms. The quantitative estimate of drug-likeness (QED) is 0.793. The van der Waals surface area contributed by atoms with Gasteiger partial charge in [0.2, 0.25) is 0 Å². The minimum atomic E-state index is 0.0905. The van der Waals surface area contributed by atoms with Crippen molar-refractivity contribution in [3.05, 3.63) is 35.9 Å². The van der Waals surface area contributed by atoms with E-state index in [4.69, 9.17) is 0 Å². The second-order valence-electron chi connectivity index (χ2n) is 5.58. The lowest BCUT2D eigenvalue weighted by Crippen LogP contribution is -2.36. The molecule has 0 spiro atoms. The normalized spacial score (nSPS) is 31.9. The molecule has 2 nitrogen and oxygen atoms in total. The highest BCUT2D eigenvalue weighted by Gasteiger charge is 2.59. The Kier molecular flexibility index (Phi) is 2.55. The van der Waals surface area contributed by atoms with Gasteiger partial charge < -0.3 is 0 Å². The van der Waals surface area contributed by atoms with Gasteiger partial charge in [-0.2, -0.15) is 0 Å². The van der Waals surface area contributed by atoms with Crippen LogP contribution in [0, 0.1) is 11.3 Å². The van der Waals surface area contributed by atoms with Crippen molar-refractivity contribution in [2.75, 3.05) is 13.1 Å². The molecular formula is C15H19NO. The highest BCUT2D eigenvalue weighted by Crippen LogP contribution is 2.58. The third-order valence-electron chi connectivity index (χ3n) is 4.53. The van der Waals surface area contributed by atoms with Crippen molar-refractivity contribution in [1.82, 2.24) is 4.90 Å². The summed E-state index contributed by atoms with van der Waals surface area (Å²) in [5.74, 6) is 1.05. The summed E-state index contributed by atoms with van der Waals surface area (Å²) in [7, 11) is 0. The highest BCUT2D eigenvalue weighted by atomic mass is 16.1. The lowest BCUT2D eigenvalue weighted by molar-refractivity contribution is -0.123. The van der Waals surface area contributed by atoms with E-state index in [1.54, 1.807) is 6.92 Å². The first-order chi connectivity index (χ1) is 8.21. The van der Waals surface area contributed by atoms with E-state index in [9.17, 15) is 4.79 Å². The van der Waals surface area contributed by atoms with Gasteiger partial charge in [-0.3, -0.25) is 9.69 Å². The molecule has 0 amide bonds. The fraction of sp³-hybridized carbons (Fsp3) is 0.533. The maximum atomic E-state index is 11.6. The lowest BCUT2D eigenvalue weighted by Gasteiger charge is -2.30. The van der Waals surface area contributed by atoms with Gasteiger partial charge in [-0.25, -0.2) is 0 Å². The van der Waals surface area contributed by atoms with Crippen LogP contribution < -0.4 is 0 Å². The Labute approximate surface area is 103 Å². The summed E-state index contributed by atoms with van der Waals surface area (Å²) < 4.78 is 0. The smallest absolute Gasteiger partial charge is 0.136 e. The number of Topliss-reactive ketones (excluding diaryl/α,β-unsaturated/α-hetero) is 1. The van der Waals surface area contributed by atoms with Gasteiger partial charge in [-0.05, 0) is 37.8 Å². The Morgan fingerprint density at radius 1 is 1.41 bits per heavy atom. The molecule has 1 aliphatic heterocycles. The van der Waals surface area contributed by atoms with Crippen molar-refractivity contribution in [3.8, 4) is 0 Å². The van der Waals surface area contributed by atoms with Gasteiger partial charge in [0.1, 0.15) is 5.78 Å². The van der Waals surface area contributed by atoms with Crippen molar-refractivity contribution in [1.29, 1.82) is 0 Å². The number of piperidine rings is 1. The van der Waals surface area contributed by atoms with Crippen LogP contribution >= 0.6 is 0 Å². The van der Waals surface area contributed by atoms with Crippen LogP contribution in [0.5, 0.6) is 0 Å². The maximum Gasteiger partial charge on any atom is 0.136 e. The van der Waals surface area contributed by atoms with E-state index in [1.807, 2.05) is 0 Å². The van der Waals surface area contributed by atoms with Gasteiger partial charge in [0.05, 0.1) is 0 Å². The molecule has 0 unspecified atom stereocenters. The number of carbonyl (C=O) groups excluding carboxylic acids is 1. The molecule has 2 atom stereocenters. The molecule has 90 valence electrons. The summed E-state index contributed by atoms with van der Waals surface area (Å²) in [6.45, 7) is 4.98. The zero-order chi connectivity index (χ0) is 11.9. The SMILES string of the molecule is CC(=O)[C@@]12CCN(Cc3ccccc3)C[C@@H]1C2. The molecule has 0 N–H and O–H groups in total. The zero-order valence-corrected chi connectivity index (χ0v) is 10.4. The van der Waals surface area contributed by atoms with E-state index in [0.29, 0.717) is 11.7 Å². The zero-order valence-electron chi connectivity index (χ0n) is 10.4. The summed E-state index contributed by atoms with van der Waals surface area (Å²) >= 11 is 0. The minimum absolute atomic E-state index is 0.0905. The second-order valence-corrected chi connectivity index (χ2v) is 5.58. The van der Waals surface area contributed by atoms with Crippen LogP contribution in [-0.2, 0) is 11.3 Å².